The number of rotatable bonds is 7. The number of benzene rings is 7. The van der Waals surface area contributed by atoms with Gasteiger partial charge in [0, 0.05) is 51.6 Å². The van der Waals surface area contributed by atoms with Crippen LogP contribution in [0.3, 0.4) is 0 Å². The molecule has 0 atom stereocenters. The maximum atomic E-state index is 6.78. The van der Waals surface area contributed by atoms with Crippen molar-refractivity contribution in [3.05, 3.63) is 187 Å². The SMILES string of the molecule is CC(C)(C)C1=CN(c2cccc(Oc3ccc4c5ccccc5n(-c5[nH]c6ccccc6[n+]5-c5ccccc5)c4c3)c2)CN1c1cc(-c2ccccc2)cc(C(C)(C)C)c1. The molecule has 0 radical (unpaired) electrons. The molecule has 1 aliphatic heterocycles. The minimum atomic E-state index is -0.0922. The summed E-state index contributed by atoms with van der Waals surface area (Å²) in [5, 5.41) is 2.34. The van der Waals surface area contributed by atoms with Gasteiger partial charge in [-0.3, -0.25) is 0 Å². The molecule has 0 amide bonds. The Bertz CT molecular complexity index is 3070. The molecule has 3 heterocycles. The van der Waals surface area contributed by atoms with Crippen molar-refractivity contribution in [2.75, 3.05) is 16.5 Å². The van der Waals surface area contributed by atoms with Gasteiger partial charge in [-0.2, -0.15) is 9.13 Å². The van der Waals surface area contributed by atoms with Gasteiger partial charge < -0.3 is 14.5 Å². The van der Waals surface area contributed by atoms with Crippen LogP contribution in [-0.2, 0) is 5.41 Å². The van der Waals surface area contributed by atoms with Crippen LogP contribution in [0.25, 0.3) is 55.6 Å². The van der Waals surface area contributed by atoms with E-state index in [-0.39, 0.29) is 10.8 Å². The zero-order chi connectivity index (χ0) is 41.2. The summed E-state index contributed by atoms with van der Waals surface area (Å²) in [4.78, 5) is 8.60. The highest BCUT2D eigenvalue weighted by atomic mass is 16.5. The monoisotopic (exact) mass is 784 g/mol. The van der Waals surface area contributed by atoms with Crippen LogP contribution in [0.1, 0.15) is 47.1 Å². The Morgan fingerprint density at radius 1 is 0.550 bits per heavy atom. The van der Waals surface area contributed by atoms with Gasteiger partial charge in [0.15, 0.2) is 0 Å². The van der Waals surface area contributed by atoms with E-state index in [2.05, 4.69) is 235 Å². The van der Waals surface area contributed by atoms with Crippen LogP contribution in [0, 0.1) is 5.41 Å². The molecule has 0 saturated heterocycles. The van der Waals surface area contributed by atoms with Gasteiger partial charge in [-0.05, 0) is 88.8 Å². The number of aromatic nitrogens is 3. The number of H-pyrrole nitrogens is 1. The Hall–Kier alpha value is -7.05. The van der Waals surface area contributed by atoms with Crippen LogP contribution in [-0.4, -0.2) is 16.2 Å². The van der Waals surface area contributed by atoms with Gasteiger partial charge >= 0.3 is 5.95 Å². The largest absolute Gasteiger partial charge is 0.457 e. The van der Waals surface area contributed by atoms with Crippen molar-refractivity contribution in [2.24, 2.45) is 5.41 Å². The van der Waals surface area contributed by atoms with Gasteiger partial charge in [0.05, 0.1) is 6.67 Å². The summed E-state index contributed by atoms with van der Waals surface area (Å²) in [6.45, 7) is 14.5. The van der Waals surface area contributed by atoms with E-state index in [0.29, 0.717) is 6.67 Å². The van der Waals surface area contributed by atoms with Crippen molar-refractivity contribution < 1.29 is 9.30 Å². The number of hydrogen-bond donors (Lipinski definition) is 1. The summed E-state index contributed by atoms with van der Waals surface area (Å²) in [7, 11) is 0. The Kier molecular flexibility index (Phi) is 8.90. The highest BCUT2D eigenvalue weighted by molar-refractivity contribution is 6.09. The minimum absolute atomic E-state index is 0.00776. The van der Waals surface area contributed by atoms with E-state index in [0.717, 1.165) is 56.3 Å². The third kappa shape index (κ3) is 6.68. The lowest BCUT2D eigenvalue weighted by molar-refractivity contribution is -0.560. The Morgan fingerprint density at radius 2 is 1.25 bits per heavy atom. The van der Waals surface area contributed by atoms with Gasteiger partial charge in [-0.15, -0.1) is 0 Å². The fourth-order valence-corrected chi connectivity index (χ4v) is 8.62. The number of nitrogens with one attached hydrogen (secondary N) is 1. The molecule has 1 N–H and O–H groups in total. The molecule has 2 aromatic heterocycles. The van der Waals surface area contributed by atoms with Crippen LogP contribution in [0.4, 0.5) is 11.4 Å². The molecule has 0 saturated carbocycles. The first-order valence-electron chi connectivity index (χ1n) is 20.9. The Balaban J connectivity index is 1.02. The third-order valence-electron chi connectivity index (χ3n) is 11.7. The quantitative estimate of drug-likeness (QED) is 0.164. The van der Waals surface area contributed by atoms with E-state index < -0.39 is 0 Å². The van der Waals surface area contributed by atoms with E-state index in [1.165, 1.54) is 33.5 Å². The molecule has 6 heteroatoms. The van der Waals surface area contributed by atoms with E-state index in [4.69, 9.17) is 4.74 Å². The van der Waals surface area contributed by atoms with Crippen LogP contribution < -0.4 is 19.1 Å². The summed E-state index contributed by atoms with van der Waals surface area (Å²) in [5.74, 6) is 2.51. The molecule has 1 aliphatic rings. The first-order valence-corrected chi connectivity index (χ1v) is 20.9. The van der Waals surface area contributed by atoms with Crippen molar-refractivity contribution >= 4 is 44.2 Å². The molecule has 60 heavy (non-hydrogen) atoms. The Labute approximate surface area is 352 Å². The van der Waals surface area contributed by atoms with E-state index in [1.54, 1.807) is 0 Å². The number of allylic oxidation sites excluding steroid dienone is 1. The molecule has 0 fully saturated rings. The van der Waals surface area contributed by atoms with E-state index in [9.17, 15) is 0 Å². The van der Waals surface area contributed by atoms with Crippen molar-refractivity contribution in [2.45, 2.75) is 47.0 Å². The molecule has 7 aromatic carbocycles. The second-order valence-corrected chi connectivity index (χ2v) is 18.0. The van der Waals surface area contributed by atoms with E-state index >= 15 is 0 Å². The fraction of sp³-hybridized carbons (Fsp3) is 0.167. The van der Waals surface area contributed by atoms with Crippen LogP contribution in [0.2, 0.25) is 0 Å². The lowest BCUT2D eigenvalue weighted by Gasteiger charge is -2.32. The normalized spacial score (nSPS) is 13.5. The summed E-state index contributed by atoms with van der Waals surface area (Å²) in [5.41, 5.74) is 12.6. The number of imidazole rings is 1. The summed E-state index contributed by atoms with van der Waals surface area (Å²) < 4.78 is 11.4. The van der Waals surface area contributed by atoms with Crippen LogP contribution in [0.5, 0.6) is 11.5 Å². The lowest BCUT2D eigenvalue weighted by atomic mass is 9.84. The molecule has 0 spiro atoms. The smallest absolute Gasteiger partial charge is 0.373 e. The number of anilines is 2. The number of para-hydroxylation sites is 4. The average molecular weight is 785 g/mol. The number of fused-ring (bicyclic) bond motifs is 4. The molecule has 0 unspecified atom stereocenters. The highest BCUT2D eigenvalue weighted by Crippen LogP contribution is 2.42. The Morgan fingerprint density at radius 3 is 2.03 bits per heavy atom. The minimum Gasteiger partial charge on any atom is -0.457 e. The zero-order valence-corrected chi connectivity index (χ0v) is 35.1. The standard InChI is InChI=1S/C54H49N5O/c1-53(2,3)39-30-38(37-18-9-7-10-19-37)31-42(32-39)57-36-56(35-51(57)54(4,5)6)41-22-17-23-43(33-41)60-44-28-29-46-45-24-13-15-26-48(45)59(50(46)34-44)52-55-47-25-14-16-27-49(47)58(52)40-20-11-8-12-21-40/h7-35H,36H2,1-6H3/p+1. The molecule has 9 aromatic rings. The topological polar surface area (TPSA) is 40.3 Å². The molecule has 0 bridgehead atoms. The zero-order valence-electron chi connectivity index (χ0n) is 35.1. The maximum absolute atomic E-state index is 6.78. The highest BCUT2D eigenvalue weighted by Gasteiger charge is 2.33. The number of hydrogen-bond acceptors (Lipinski definition) is 3. The average Bonchev–Trinajstić information content (AvgIpc) is 3.97. The second kappa shape index (κ2) is 14.3. The molecule has 6 nitrogen and oxygen atoms in total. The van der Waals surface area contributed by atoms with Crippen molar-refractivity contribution in [3.8, 4) is 34.3 Å². The summed E-state index contributed by atoms with van der Waals surface area (Å²) in [6.07, 6.45) is 2.32. The summed E-state index contributed by atoms with van der Waals surface area (Å²) in [6, 6.07) is 60.4. The van der Waals surface area contributed by atoms with Crippen molar-refractivity contribution in [1.82, 2.24) is 9.55 Å². The molecule has 0 aliphatic carbocycles. The van der Waals surface area contributed by atoms with Gasteiger partial charge in [0.1, 0.15) is 39.3 Å². The first-order chi connectivity index (χ1) is 29.0. The predicted octanol–water partition coefficient (Wildman–Crippen LogP) is 13.5. The summed E-state index contributed by atoms with van der Waals surface area (Å²) >= 11 is 0. The van der Waals surface area contributed by atoms with Gasteiger partial charge in [0.25, 0.3) is 0 Å². The van der Waals surface area contributed by atoms with Gasteiger partial charge in [0.2, 0.25) is 0 Å². The fourth-order valence-electron chi connectivity index (χ4n) is 8.62. The molecular weight excluding hydrogens is 735 g/mol. The number of nitrogens with zero attached hydrogens (tertiary/aromatic N) is 4. The number of aromatic amines is 1. The molecular formula is C54H50N5O+. The van der Waals surface area contributed by atoms with Crippen molar-refractivity contribution in [1.29, 1.82) is 0 Å². The van der Waals surface area contributed by atoms with Crippen LogP contribution >= 0.6 is 0 Å². The number of ether oxygens (including phenoxy) is 1. The second-order valence-electron chi connectivity index (χ2n) is 18.0. The molecule has 296 valence electrons. The first kappa shape index (κ1) is 37.2. The molecule has 10 rings (SSSR count). The van der Waals surface area contributed by atoms with E-state index in [1.807, 2.05) is 6.07 Å². The van der Waals surface area contributed by atoms with Crippen molar-refractivity contribution in [3.63, 3.8) is 0 Å². The van der Waals surface area contributed by atoms with Gasteiger partial charge in [-0.1, -0.05) is 133 Å². The predicted molar refractivity (Wildman–Crippen MR) is 249 cm³/mol. The third-order valence-corrected chi connectivity index (χ3v) is 11.7. The van der Waals surface area contributed by atoms with Gasteiger partial charge in [-0.25, -0.2) is 4.98 Å². The van der Waals surface area contributed by atoms with Crippen LogP contribution in [0.15, 0.2) is 182 Å². The lowest BCUT2D eigenvalue weighted by Crippen LogP contribution is -2.34. The maximum Gasteiger partial charge on any atom is 0.373 e.